The molecular weight excluding hydrogens is 338 g/mol. The number of alkyl halides is 2. The van der Waals surface area contributed by atoms with E-state index in [4.69, 9.17) is 11.6 Å². The van der Waals surface area contributed by atoms with Gasteiger partial charge < -0.3 is 19.7 Å². The summed E-state index contributed by atoms with van der Waals surface area (Å²) in [5.41, 5.74) is 5.19. The maximum absolute atomic E-state index is 13.0. The molecule has 0 radical (unpaired) electrons. The maximum Gasteiger partial charge on any atom is 0.586 e. The Morgan fingerprint density at radius 2 is 1.87 bits per heavy atom. The van der Waals surface area contributed by atoms with Crippen LogP contribution in [0.4, 0.5) is 20.2 Å². The molecule has 3 rings (SSSR count). The van der Waals surface area contributed by atoms with E-state index in [0.29, 0.717) is 4.41 Å². The fraction of sp³-hybridized carbons (Fsp3) is 0.182. The molecule has 12 heteroatoms. The van der Waals surface area contributed by atoms with E-state index in [1.165, 1.54) is 6.92 Å². The molecule has 23 heavy (non-hydrogen) atoms. The summed E-state index contributed by atoms with van der Waals surface area (Å²) in [4.78, 5) is -0.289. The molecular formula is C11H10F2N4O5S. The zero-order valence-corrected chi connectivity index (χ0v) is 12.3. The molecule has 2 heterocycles. The van der Waals surface area contributed by atoms with Gasteiger partial charge in [-0.15, -0.1) is 8.78 Å². The molecule has 0 amide bonds. The van der Waals surface area contributed by atoms with E-state index in [2.05, 4.69) is 19.2 Å². The summed E-state index contributed by atoms with van der Waals surface area (Å²) >= 11 is 0. The van der Waals surface area contributed by atoms with Crippen molar-refractivity contribution < 1.29 is 31.2 Å². The molecule has 0 bridgehead atoms. The summed E-state index contributed by atoms with van der Waals surface area (Å²) in [6.07, 6.45) is -2.90. The largest absolute Gasteiger partial charge is 0.586 e. The first kappa shape index (κ1) is 15.3. The summed E-state index contributed by atoms with van der Waals surface area (Å²) < 4.78 is 64.4. The highest BCUT2D eigenvalue weighted by molar-refractivity contribution is 7.92. The number of ether oxygens (including phenoxy) is 2. The van der Waals surface area contributed by atoms with Crippen LogP contribution >= 0.6 is 0 Å². The molecule has 0 unspecified atom stereocenters. The molecule has 1 aliphatic heterocycles. The molecule has 124 valence electrons. The van der Waals surface area contributed by atoms with Gasteiger partial charge in [-0.25, -0.2) is 5.84 Å². The zero-order valence-electron chi connectivity index (χ0n) is 11.5. The number of rotatable bonds is 3. The summed E-state index contributed by atoms with van der Waals surface area (Å²) in [5.74, 6) is 4.89. The van der Waals surface area contributed by atoms with Crippen LogP contribution in [0.2, 0.25) is 0 Å². The smallest absolute Gasteiger partial charge is 0.397 e. The number of aryl methyl sites for hydroxylation is 1. The predicted molar refractivity (Wildman–Crippen MR) is 72.1 cm³/mol. The molecule has 0 saturated carbocycles. The molecule has 0 fully saturated rings. The van der Waals surface area contributed by atoms with Crippen molar-refractivity contribution in [3.63, 3.8) is 0 Å². The predicted octanol–water partition coefficient (Wildman–Crippen LogP) is 0.956. The molecule has 0 aliphatic carbocycles. The highest BCUT2D eigenvalue weighted by Crippen LogP contribution is 2.45. The van der Waals surface area contributed by atoms with Crippen molar-refractivity contribution in [2.45, 2.75) is 18.1 Å². The van der Waals surface area contributed by atoms with E-state index < -0.39 is 22.1 Å². The fourth-order valence-electron chi connectivity index (χ4n) is 1.97. The van der Waals surface area contributed by atoms with Crippen LogP contribution in [0.5, 0.6) is 11.5 Å². The van der Waals surface area contributed by atoms with E-state index in [9.17, 15) is 17.2 Å². The molecule has 2 aromatic rings. The first-order valence-corrected chi connectivity index (χ1v) is 7.46. The van der Waals surface area contributed by atoms with Crippen LogP contribution in [0.25, 0.3) is 0 Å². The third-order valence-electron chi connectivity index (χ3n) is 3.03. The van der Waals surface area contributed by atoms with Gasteiger partial charge in [-0.3, -0.25) is 0 Å². The van der Waals surface area contributed by atoms with Crippen LogP contribution in [0.3, 0.4) is 0 Å². The first-order valence-electron chi connectivity index (χ1n) is 6.02. The Labute approximate surface area is 128 Å². The minimum atomic E-state index is -4.26. The Morgan fingerprint density at radius 3 is 2.43 bits per heavy atom. The van der Waals surface area contributed by atoms with Crippen molar-refractivity contribution >= 4 is 21.4 Å². The number of fused-ring (bicyclic) bond motifs is 1. The fourth-order valence-corrected chi connectivity index (χ4v) is 3.17. The van der Waals surface area contributed by atoms with Crippen LogP contribution in [0.1, 0.15) is 5.76 Å². The van der Waals surface area contributed by atoms with Gasteiger partial charge >= 0.3 is 6.29 Å². The number of nitrogens with zero attached hydrogens (tertiary/aromatic N) is 2. The minimum Gasteiger partial charge on any atom is -0.397 e. The Balaban J connectivity index is 2.05. The Morgan fingerprint density at radius 1 is 1.26 bits per heavy atom. The van der Waals surface area contributed by atoms with Crippen LogP contribution in [-0.4, -0.2) is 19.9 Å². The van der Waals surface area contributed by atoms with Crippen molar-refractivity contribution in [3.8, 4) is 11.5 Å². The Bertz CT molecular complexity index is 883. The molecule has 0 saturated heterocycles. The minimum absolute atomic E-state index is 0.00583. The van der Waals surface area contributed by atoms with Gasteiger partial charge in [-0.1, -0.05) is 5.16 Å². The number of hydrogen-bond acceptors (Lipinski definition) is 8. The zero-order chi connectivity index (χ0) is 17.0. The first-order chi connectivity index (χ1) is 10.6. The molecule has 0 spiro atoms. The van der Waals surface area contributed by atoms with Crippen molar-refractivity contribution in [2.75, 3.05) is 10.1 Å². The number of aromatic nitrogens is 1. The monoisotopic (exact) mass is 348 g/mol. The third-order valence-corrected chi connectivity index (χ3v) is 4.69. The number of halogens is 2. The average Bonchev–Trinajstić information content (AvgIpc) is 2.98. The summed E-state index contributed by atoms with van der Waals surface area (Å²) in [7, 11) is -4.26. The molecule has 4 N–H and O–H groups in total. The van der Waals surface area contributed by atoms with E-state index in [-0.39, 0.29) is 27.8 Å². The molecule has 1 aromatic heterocycles. The van der Waals surface area contributed by atoms with Crippen LogP contribution < -0.4 is 25.5 Å². The summed E-state index contributed by atoms with van der Waals surface area (Å²) in [6.45, 7) is 1.37. The van der Waals surface area contributed by atoms with Gasteiger partial charge in [0.2, 0.25) is 0 Å². The highest BCUT2D eigenvalue weighted by atomic mass is 32.2. The maximum atomic E-state index is 13.0. The summed E-state index contributed by atoms with van der Waals surface area (Å²) in [5, 5.41) is 3.35. The van der Waals surface area contributed by atoms with Gasteiger partial charge in [0, 0.05) is 12.1 Å². The molecule has 0 atom stereocenters. The van der Waals surface area contributed by atoms with Gasteiger partial charge in [0.15, 0.2) is 22.2 Å². The number of sulfonamides is 1. The van der Waals surface area contributed by atoms with E-state index in [0.717, 1.165) is 18.3 Å². The van der Waals surface area contributed by atoms with E-state index in [1.807, 2.05) is 0 Å². The summed E-state index contributed by atoms with van der Waals surface area (Å²) in [6, 6.07) is 1.92. The van der Waals surface area contributed by atoms with Crippen molar-refractivity contribution in [3.05, 3.63) is 24.1 Å². The van der Waals surface area contributed by atoms with Gasteiger partial charge in [-0.2, -0.15) is 12.8 Å². The van der Waals surface area contributed by atoms with Crippen LogP contribution in [0, 0.1) is 6.92 Å². The molecule has 1 aliphatic rings. The van der Waals surface area contributed by atoms with Crippen molar-refractivity contribution in [1.82, 2.24) is 5.16 Å². The number of hydrazine groups is 1. The normalized spacial score (nSPS) is 15.7. The lowest BCUT2D eigenvalue weighted by molar-refractivity contribution is -0.286. The van der Waals surface area contributed by atoms with Crippen LogP contribution in [-0.2, 0) is 10.0 Å². The van der Waals surface area contributed by atoms with Gasteiger partial charge in [-0.05, 0) is 6.92 Å². The van der Waals surface area contributed by atoms with E-state index >= 15 is 0 Å². The Hall–Kier alpha value is -2.60. The molecule has 1 aromatic carbocycles. The lowest BCUT2D eigenvalue weighted by Crippen LogP contribution is -2.38. The second kappa shape index (κ2) is 4.70. The number of benzene rings is 1. The number of nitrogen functional groups attached to an aromatic ring is 1. The van der Waals surface area contributed by atoms with E-state index in [1.54, 1.807) is 0 Å². The third kappa shape index (κ3) is 2.41. The average molecular weight is 348 g/mol. The SMILES string of the molecule is Cc1oncc1S(=O)(=O)N(N)c1cc2c(cc1N)OC(F)(F)O2. The second-order valence-corrected chi connectivity index (χ2v) is 6.36. The van der Waals surface area contributed by atoms with Gasteiger partial charge in [0.1, 0.15) is 0 Å². The quantitative estimate of drug-likeness (QED) is 0.476. The number of anilines is 2. The topological polar surface area (TPSA) is 134 Å². The van der Waals surface area contributed by atoms with Crippen molar-refractivity contribution in [1.29, 1.82) is 0 Å². The van der Waals surface area contributed by atoms with Crippen LogP contribution in [0.15, 0.2) is 27.7 Å². The lowest BCUT2D eigenvalue weighted by Gasteiger charge is -2.19. The lowest BCUT2D eigenvalue weighted by atomic mass is 10.2. The standard InChI is InChI=1S/C11H10F2N4O5S/c1-5-10(4-16-22-5)23(18,19)17(15)7-3-9-8(2-6(7)14)20-11(12,13)21-9/h2-4H,14-15H2,1H3. The second-order valence-electron chi connectivity index (χ2n) is 4.57. The highest BCUT2D eigenvalue weighted by Gasteiger charge is 2.44. The van der Waals surface area contributed by atoms with Crippen molar-refractivity contribution in [2.24, 2.45) is 5.84 Å². The van der Waals surface area contributed by atoms with Gasteiger partial charge in [0.25, 0.3) is 10.0 Å². The van der Waals surface area contributed by atoms with Gasteiger partial charge in [0.05, 0.1) is 17.6 Å². The molecule has 9 nitrogen and oxygen atoms in total. The Kier molecular flexibility index (Phi) is 3.12. The number of hydrogen-bond donors (Lipinski definition) is 2. The number of nitrogens with two attached hydrogens (primary N) is 2.